The number of hydrogen-bond donors (Lipinski definition) is 1. The highest BCUT2D eigenvalue weighted by Crippen LogP contribution is 2.35. The van der Waals surface area contributed by atoms with Crippen LogP contribution in [0.25, 0.3) is 0 Å². The van der Waals surface area contributed by atoms with Crippen LogP contribution in [0.5, 0.6) is 0 Å². The predicted molar refractivity (Wildman–Crippen MR) is 121 cm³/mol. The Morgan fingerprint density at radius 2 is 1.90 bits per heavy atom. The van der Waals surface area contributed by atoms with E-state index >= 15 is 0 Å². The van der Waals surface area contributed by atoms with Crippen molar-refractivity contribution in [2.45, 2.75) is 36.0 Å². The summed E-state index contributed by atoms with van der Waals surface area (Å²) in [5, 5.41) is 2.99. The van der Waals surface area contributed by atoms with Crippen LogP contribution in [0.15, 0.2) is 46.2 Å². The number of nitrogens with one attached hydrogen (secondary N) is 1. The normalized spacial score (nSPS) is 17.2. The minimum atomic E-state index is -0.167. The molecular weight excluding hydrogens is 402 g/mol. The summed E-state index contributed by atoms with van der Waals surface area (Å²) < 4.78 is 2.42. The van der Waals surface area contributed by atoms with Crippen LogP contribution in [0.4, 0.5) is 11.4 Å². The van der Waals surface area contributed by atoms with Crippen LogP contribution < -0.4 is 10.2 Å². The van der Waals surface area contributed by atoms with E-state index in [9.17, 15) is 9.59 Å². The summed E-state index contributed by atoms with van der Waals surface area (Å²) in [5.74, 6) is 0.327. The van der Waals surface area contributed by atoms with Crippen molar-refractivity contribution >= 4 is 46.9 Å². The van der Waals surface area contributed by atoms with Gasteiger partial charge in [0.1, 0.15) is 0 Å². The lowest BCUT2D eigenvalue weighted by Gasteiger charge is -2.26. The summed E-state index contributed by atoms with van der Waals surface area (Å²) in [5.41, 5.74) is 3.29. The van der Waals surface area contributed by atoms with E-state index < -0.39 is 0 Å². The lowest BCUT2D eigenvalue weighted by molar-refractivity contribution is -0.116. The molecule has 0 aliphatic carbocycles. The van der Waals surface area contributed by atoms with Gasteiger partial charge >= 0.3 is 0 Å². The fraction of sp³-hybridized carbons (Fsp3) is 0.364. The number of carbonyl (C=O) groups is 2. The first kappa shape index (κ1) is 20.3. The van der Waals surface area contributed by atoms with Gasteiger partial charge in [-0.25, -0.2) is 4.31 Å². The van der Waals surface area contributed by atoms with Crippen LogP contribution in [0.3, 0.4) is 0 Å². The van der Waals surface area contributed by atoms with Gasteiger partial charge in [0.05, 0.1) is 11.4 Å². The van der Waals surface area contributed by atoms with Crippen LogP contribution >= 0.6 is 23.7 Å². The number of nitrogens with zero attached hydrogens (tertiary/aromatic N) is 2. The van der Waals surface area contributed by atoms with Crippen molar-refractivity contribution in [3.63, 3.8) is 0 Å². The van der Waals surface area contributed by atoms with E-state index in [0.717, 1.165) is 34.9 Å². The van der Waals surface area contributed by atoms with Gasteiger partial charge in [0.2, 0.25) is 5.91 Å². The molecule has 2 aliphatic rings. The predicted octanol–water partition coefficient (Wildman–Crippen LogP) is 4.81. The molecule has 0 atom stereocenters. The molecule has 0 aromatic heterocycles. The van der Waals surface area contributed by atoms with E-state index in [2.05, 4.69) is 22.6 Å². The van der Waals surface area contributed by atoms with Crippen molar-refractivity contribution in [2.24, 2.45) is 0 Å². The SMILES string of the molecule is Cc1cc(NC(=O)c2ccc3c(c2)N(C)C(=O)CS3)ccc1SN1CCCCC1. The molecule has 2 aromatic rings. The molecule has 0 radical (unpaired) electrons. The maximum atomic E-state index is 12.8. The molecule has 5 nitrogen and oxygen atoms in total. The summed E-state index contributed by atoms with van der Waals surface area (Å²) in [6, 6.07) is 11.6. The molecule has 0 unspecified atom stereocenters. The molecule has 1 fully saturated rings. The van der Waals surface area contributed by atoms with Gasteiger partial charge in [-0.3, -0.25) is 9.59 Å². The Kier molecular flexibility index (Phi) is 6.18. The first-order chi connectivity index (χ1) is 14.0. The fourth-order valence-electron chi connectivity index (χ4n) is 3.54. The average molecular weight is 428 g/mol. The van der Waals surface area contributed by atoms with E-state index in [4.69, 9.17) is 0 Å². The molecule has 152 valence electrons. The first-order valence-corrected chi connectivity index (χ1v) is 11.7. The zero-order valence-electron chi connectivity index (χ0n) is 16.7. The average Bonchev–Trinajstić information content (AvgIpc) is 2.73. The number of rotatable bonds is 4. The summed E-state index contributed by atoms with van der Waals surface area (Å²) >= 11 is 3.33. The Balaban J connectivity index is 1.46. The van der Waals surface area contributed by atoms with Gasteiger partial charge in [0, 0.05) is 41.2 Å². The molecule has 1 N–H and O–H groups in total. The maximum absolute atomic E-state index is 12.8. The topological polar surface area (TPSA) is 52.7 Å². The van der Waals surface area contributed by atoms with Gasteiger partial charge in [-0.1, -0.05) is 6.42 Å². The van der Waals surface area contributed by atoms with Gasteiger partial charge < -0.3 is 10.2 Å². The number of thioether (sulfide) groups is 1. The van der Waals surface area contributed by atoms with Gasteiger partial charge in [0.25, 0.3) is 5.91 Å². The van der Waals surface area contributed by atoms with Crippen LogP contribution in [-0.4, -0.2) is 42.0 Å². The number of aryl methyl sites for hydroxylation is 1. The Bertz CT molecular complexity index is 942. The van der Waals surface area contributed by atoms with E-state index in [0.29, 0.717) is 11.3 Å². The summed E-state index contributed by atoms with van der Waals surface area (Å²) in [4.78, 5) is 28.6. The molecule has 0 bridgehead atoms. The lowest BCUT2D eigenvalue weighted by Crippen LogP contribution is -2.31. The number of benzene rings is 2. The van der Waals surface area contributed by atoms with Gasteiger partial charge in [0.15, 0.2) is 0 Å². The number of carbonyl (C=O) groups excluding carboxylic acids is 2. The minimum Gasteiger partial charge on any atom is -0.322 e. The van der Waals surface area contributed by atoms with Gasteiger partial charge in [-0.05, 0) is 73.7 Å². The molecule has 4 rings (SSSR count). The second-order valence-electron chi connectivity index (χ2n) is 7.44. The number of piperidine rings is 1. The second-order valence-corrected chi connectivity index (χ2v) is 9.60. The summed E-state index contributed by atoms with van der Waals surface area (Å²) in [6.07, 6.45) is 3.85. The molecule has 29 heavy (non-hydrogen) atoms. The third kappa shape index (κ3) is 4.63. The molecule has 7 heteroatoms. The van der Waals surface area contributed by atoms with Crippen molar-refractivity contribution in [3.8, 4) is 0 Å². The molecule has 2 aliphatic heterocycles. The van der Waals surface area contributed by atoms with Gasteiger partial charge in [-0.15, -0.1) is 11.8 Å². The zero-order valence-corrected chi connectivity index (χ0v) is 18.4. The highest BCUT2D eigenvalue weighted by molar-refractivity contribution is 8.00. The summed E-state index contributed by atoms with van der Waals surface area (Å²) in [6.45, 7) is 4.35. The van der Waals surface area contributed by atoms with E-state index in [-0.39, 0.29) is 11.8 Å². The highest BCUT2D eigenvalue weighted by atomic mass is 32.2. The first-order valence-electron chi connectivity index (χ1n) is 9.89. The van der Waals surface area contributed by atoms with E-state index in [1.807, 2.05) is 36.2 Å². The number of anilines is 2. The smallest absolute Gasteiger partial charge is 0.255 e. The molecule has 0 spiro atoms. The second kappa shape index (κ2) is 8.81. The quantitative estimate of drug-likeness (QED) is 0.710. The third-order valence-electron chi connectivity index (χ3n) is 5.28. The lowest BCUT2D eigenvalue weighted by atomic mass is 10.1. The van der Waals surface area contributed by atoms with Gasteiger partial charge in [-0.2, -0.15) is 0 Å². The highest BCUT2D eigenvalue weighted by Gasteiger charge is 2.22. The number of fused-ring (bicyclic) bond motifs is 1. The van der Waals surface area contributed by atoms with Crippen molar-refractivity contribution in [1.82, 2.24) is 4.31 Å². The standard InChI is InChI=1S/C22H25N3O2S2/c1-15-12-17(7-9-19(15)29-25-10-4-3-5-11-25)23-22(27)16-6-8-20-18(13-16)24(2)21(26)14-28-20/h6-9,12-13H,3-5,10-11,14H2,1-2H3,(H,23,27). The van der Waals surface area contributed by atoms with Crippen LogP contribution in [0, 0.1) is 6.92 Å². The maximum Gasteiger partial charge on any atom is 0.255 e. The van der Waals surface area contributed by atoms with Crippen LogP contribution in [-0.2, 0) is 4.79 Å². The Morgan fingerprint density at radius 1 is 1.10 bits per heavy atom. The van der Waals surface area contributed by atoms with E-state index in [1.165, 1.54) is 35.9 Å². The van der Waals surface area contributed by atoms with E-state index in [1.54, 1.807) is 18.0 Å². The Labute approximate surface area is 180 Å². The summed E-state index contributed by atoms with van der Waals surface area (Å²) in [7, 11) is 1.75. The van der Waals surface area contributed by atoms with Crippen molar-refractivity contribution in [3.05, 3.63) is 47.5 Å². The number of hydrogen-bond acceptors (Lipinski definition) is 5. The zero-order chi connectivity index (χ0) is 20.4. The largest absolute Gasteiger partial charge is 0.322 e. The van der Waals surface area contributed by atoms with Crippen molar-refractivity contribution in [1.29, 1.82) is 0 Å². The Morgan fingerprint density at radius 3 is 2.66 bits per heavy atom. The molecule has 2 heterocycles. The van der Waals surface area contributed by atoms with Crippen LogP contribution in [0.1, 0.15) is 35.2 Å². The Hall–Kier alpha value is -1.96. The number of amides is 2. The van der Waals surface area contributed by atoms with Crippen molar-refractivity contribution in [2.75, 3.05) is 36.1 Å². The molecular formula is C22H25N3O2S2. The van der Waals surface area contributed by atoms with Crippen LogP contribution in [0.2, 0.25) is 0 Å². The minimum absolute atomic E-state index is 0.0532. The third-order valence-corrected chi connectivity index (χ3v) is 7.61. The van der Waals surface area contributed by atoms with Crippen molar-refractivity contribution < 1.29 is 9.59 Å². The molecule has 1 saturated heterocycles. The monoisotopic (exact) mass is 427 g/mol. The molecule has 2 aromatic carbocycles. The fourth-order valence-corrected chi connectivity index (χ4v) is 5.57. The molecule has 0 saturated carbocycles. The molecule has 2 amide bonds.